The van der Waals surface area contributed by atoms with Gasteiger partial charge in [0.1, 0.15) is 5.71 Å². The normalized spacial score (nSPS) is 23.3. The summed E-state index contributed by atoms with van der Waals surface area (Å²) in [6, 6.07) is 13.8. The van der Waals surface area contributed by atoms with Gasteiger partial charge in [-0.05, 0) is 24.6 Å². The second kappa shape index (κ2) is 6.16. The lowest BCUT2D eigenvalue weighted by molar-refractivity contribution is 0.537. The van der Waals surface area contributed by atoms with Crippen molar-refractivity contribution in [3.8, 4) is 6.07 Å². The molecule has 0 amide bonds. The molecule has 3 N–H and O–H groups in total. The Balaban J connectivity index is 1.90. The molecule has 2 unspecified atom stereocenters. The molecule has 0 saturated carbocycles. The van der Waals surface area contributed by atoms with E-state index in [1.165, 1.54) is 12.5 Å². The van der Waals surface area contributed by atoms with Crippen LogP contribution in [0.5, 0.6) is 0 Å². The first-order valence-corrected chi connectivity index (χ1v) is 7.27. The molecule has 23 heavy (non-hydrogen) atoms. The van der Waals surface area contributed by atoms with Crippen molar-refractivity contribution < 1.29 is 4.42 Å². The van der Waals surface area contributed by atoms with Gasteiger partial charge in [-0.3, -0.25) is 16.0 Å². The van der Waals surface area contributed by atoms with E-state index < -0.39 is 11.8 Å². The highest BCUT2D eigenvalue weighted by Crippen LogP contribution is 2.19. The van der Waals surface area contributed by atoms with Gasteiger partial charge in [-0.1, -0.05) is 29.8 Å². The van der Waals surface area contributed by atoms with Gasteiger partial charge in [0.2, 0.25) is 0 Å². The first kappa shape index (κ1) is 15.2. The van der Waals surface area contributed by atoms with Crippen molar-refractivity contribution in [1.29, 1.82) is 5.26 Å². The van der Waals surface area contributed by atoms with E-state index in [-0.39, 0.29) is 0 Å². The molecule has 1 aromatic carbocycles. The number of furan rings is 1. The summed E-state index contributed by atoms with van der Waals surface area (Å²) in [5, 5.41) is 13.0. The lowest BCUT2D eigenvalue weighted by Crippen LogP contribution is -2.55. The van der Waals surface area contributed by atoms with Crippen molar-refractivity contribution in [2.45, 2.75) is 25.3 Å². The molecule has 2 heterocycles. The number of hydrogen-bond donors (Lipinski definition) is 2. The number of nitriles is 1. The minimum atomic E-state index is -1.17. The average Bonchev–Trinajstić information content (AvgIpc) is 3.08. The molecule has 2 atom stereocenters. The molecule has 0 saturated heterocycles. The Hall–Kier alpha value is -2.75. The molecule has 0 bridgehead atoms. The molecule has 6 nitrogen and oxygen atoms in total. The van der Waals surface area contributed by atoms with Gasteiger partial charge in [0.15, 0.2) is 17.6 Å². The first-order valence-electron chi connectivity index (χ1n) is 7.27. The van der Waals surface area contributed by atoms with Crippen molar-refractivity contribution in [2.75, 3.05) is 0 Å². The summed E-state index contributed by atoms with van der Waals surface area (Å²) in [4.78, 5) is 8.38. The van der Waals surface area contributed by atoms with E-state index in [4.69, 9.17) is 10.2 Å². The van der Waals surface area contributed by atoms with E-state index in [1.54, 1.807) is 12.1 Å². The average molecular weight is 307 g/mol. The zero-order valence-corrected chi connectivity index (χ0v) is 12.7. The van der Waals surface area contributed by atoms with Gasteiger partial charge in [-0.25, -0.2) is 4.99 Å². The maximum absolute atomic E-state index is 9.76. The van der Waals surface area contributed by atoms with E-state index in [0.29, 0.717) is 18.0 Å². The minimum absolute atomic E-state index is 0.445. The van der Waals surface area contributed by atoms with Crippen LogP contribution >= 0.6 is 0 Å². The molecule has 0 radical (unpaired) electrons. The highest BCUT2D eigenvalue weighted by Gasteiger charge is 2.39. The lowest BCUT2D eigenvalue weighted by Gasteiger charge is -2.28. The summed E-state index contributed by atoms with van der Waals surface area (Å²) in [7, 11) is 0. The Morgan fingerprint density at radius 1 is 1.39 bits per heavy atom. The summed E-state index contributed by atoms with van der Waals surface area (Å²) >= 11 is 0. The molecule has 116 valence electrons. The number of benzene rings is 1. The van der Waals surface area contributed by atoms with Crippen molar-refractivity contribution >= 4 is 11.9 Å². The van der Waals surface area contributed by atoms with Gasteiger partial charge in [-0.2, -0.15) is 5.26 Å². The summed E-state index contributed by atoms with van der Waals surface area (Å²) < 4.78 is 5.41. The summed E-state index contributed by atoms with van der Waals surface area (Å²) in [5.41, 5.74) is 7.28. The fourth-order valence-electron chi connectivity index (χ4n) is 2.50. The van der Waals surface area contributed by atoms with E-state index in [0.717, 1.165) is 11.1 Å². The molecule has 6 heteroatoms. The third-order valence-corrected chi connectivity index (χ3v) is 3.64. The zero-order chi connectivity index (χ0) is 16.3. The number of nitrogens with one attached hydrogen (secondary N) is 1. The summed E-state index contributed by atoms with van der Waals surface area (Å²) in [6.07, 6.45) is 2.33. The fraction of sp³-hybridized carbons (Fsp3) is 0.235. The molecule has 2 aromatic rings. The topological polar surface area (TPSA) is 99.7 Å². The minimum Gasteiger partial charge on any atom is -0.463 e. The molecule has 0 aliphatic carbocycles. The Labute approximate surface area is 134 Å². The highest BCUT2D eigenvalue weighted by atomic mass is 16.3. The van der Waals surface area contributed by atoms with Crippen LogP contribution in [0, 0.1) is 18.3 Å². The smallest absolute Gasteiger partial charge is 0.191 e. The molecule has 3 rings (SSSR count). The van der Waals surface area contributed by atoms with E-state index in [2.05, 4.69) is 27.4 Å². The lowest BCUT2D eigenvalue weighted by atomic mass is 9.92. The van der Waals surface area contributed by atoms with Gasteiger partial charge in [0.25, 0.3) is 0 Å². The standard InChI is InChI=1S/C17H17N5O/c1-12-4-2-5-13(8-12)9-21-17(10-18)11-20-16(19)22-15(17)14-6-3-7-23-14/h2-8,11,16,21H,9,19H2,1H3. The molecular weight excluding hydrogens is 290 g/mol. The molecule has 1 aliphatic rings. The SMILES string of the molecule is Cc1cccc(CNC2(C#N)C=NC(N)N=C2c2ccco2)c1. The van der Waals surface area contributed by atoms with Gasteiger partial charge >= 0.3 is 0 Å². The number of aryl methyl sites for hydroxylation is 1. The Kier molecular flexibility index (Phi) is 4.06. The van der Waals surface area contributed by atoms with Gasteiger partial charge in [0, 0.05) is 12.8 Å². The second-order valence-corrected chi connectivity index (χ2v) is 5.41. The van der Waals surface area contributed by atoms with Crippen LogP contribution in [0.1, 0.15) is 16.9 Å². The quantitative estimate of drug-likeness (QED) is 0.898. The monoisotopic (exact) mass is 307 g/mol. The second-order valence-electron chi connectivity index (χ2n) is 5.41. The fourth-order valence-corrected chi connectivity index (χ4v) is 2.50. The van der Waals surface area contributed by atoms with Crippen molar-refractivity contribution in [3.63, 3.8) is 0 Å². The molecule has 0 fully saturated rings. The van der Waals surface area contributed by atoms with Crippen LogP contribution in [0.15, 0.2) is 57.1 Å². The van der Waals surface area contributed by atoms with Gasteiger partial charge < -0.3 is 4.42 Å². The Morgan fingerprint density at radius 2 is 2.26 bits per heavy atom. The maximum atomic E-state index is 9.76. The summed E-state index contributed by atoms with van der Waals surface area (Å²) in [5.74, 6) is 0.505. The largest absolute Gasteiger partial charge is 0.463 e. The van der Waals surface area contributed by atoms with Crippen LogP contribution in [0.25, 0.3) is 0 Å². The van der Waals surface area contributed by atoms with Crippen molar-refractivity contribution in [2.24, 2.45) is 15.7 Å². The summed E-state index contributed by atoms with van der Waals surface area (Å²) in [6.45, 7) is 2.52. The van der Waals surface area contributed by atoms with Crippen LogP contribution in [0.3, 0.4) is 0 Å². The van der Waals surface area contributed by atoms with Crippen molar-refractivity contribution in [3.05, 3.63) is 59.5 Å². The third kappa shape index (κ3) is 3.06. The highest BCUT2D eigenvalue weighted by molar-refractivity contribution is 6.18. The number of hydrogen-bond acceptors (Lipinski definition) is 6. The number of aliphatic imine (C=N–C) groups is 2. The predicted molar refractivity (Wildman–Crippen MR) is 88.1 cm³/mol. The Bertz CT molecular complexity index is 788. The first-order chi connectivity index (χ1) is 11.1. The maximum Gasteiger partial charge on any atom is 0.191 e. The Morgan fingerprint density at radius 3 is 2.96 bits per heavy atom. The van der Waals surface area contributed by atoms with Gasteiger partial charge in [-0.15, -0.1) is 0 Å². The third-order valence-electron chi connectivity index (χ3n) is 3.64. The van der Waals surface area contributed by atoms with Crippen LogP contribution in [0.4, 0.5) is 0 Å². The van der Waals surface area contributed by atoms with Crippen LogP contribution < -0.4 is 11.1 Å². The van der Waals surface area contributed by atoms with Crippen LogP contribution in [-0.4, -0.2) is 23.8 Å². The number of rotatable bonds is 4. The molecule has 1 aliphatic heterocycles. The molecule has 1 aromatic heterocycles. The van der Waals surface area contributed by atoms with E-state index >= 15 is 0 Å². The number of nitrogens with two attached hydrogens (primary N) is 1. The van der Waals surface area contributed by atoms with Crippen LogP contribution in [0.2, 0.25) is 0 Å². The van der Waals surface area contributed by atoms with E-state index in [9.17, 15) is 5.26 Å². The van der Waals surface area contributed by atoms with E-state index in [1.807, 2.05) is 25.1 Å². The van der Waals surface area contributed by atoms with Crippen LogP contribution in [-0.2, 0) is 6.54 Å². The molecule has 0 spiro atoms. The zero-order valence-electron chi connectivity index (χ0n) is 12.7. The van der Waals surface area contributed by atoms with Crippen molar-refractivity contribution in [1.82, 2.24) is 5.32 Å². The molecular formula is C17H17N5O. The predicted octanol–water partition coefficient (Wildman–Crippen LogP) is 1.76. The van der Waals surface area contributed by atoms with Gasteiger partial charge in [0.05, 0.1) is 12.3 Å². The number of nitrogens with zero attached hydrogens (tertiary/aromatic N) is 3.